The van der Waals surface area contributed by atoms with Crippen LogP contribution in [0, 0.1) is 21.7 Å². The van der Waals surface area contributed by atoms with E-state index in [1.165, 1.54) is 55.4 Å². The quantitative estimate of drug-likeness (QED) is 0.102. The normalized spacial score (nSPS) is 21.1. The summed E-state index contributed by atoms with van der Waals surface area (Å²) >= 11 is 0. The molecule has 1 unspecified atom stereocenters. The summed E-state index contributed by atoms with van der Waals surface area (Å²) in [5.41, 5.74) is -3.00. The second-order valence-corrected chi connectivity index (χ2v) is 21.7. The minimum absolute atomic E-state index is 0.00534. The Balaban J connectivity index is 1.42. The summed E-state index contributed by atoms with van der Waals surface area (Å²) in [5, 5.41) is 14.2. The summed E-state index contributed by atoms with van der Waals surface area (Å²) in [6, 6.07) is 13.7. The van der Waals surface area contributed by atoms with Gasteiger partial charge in [0, 0.05) is 38.1 Å². The van der Waals surface area contributed by atoms with Gasteiger partial charge in [0.05, 0.1) is 32.6 Å². The van der Waals surface area contributed by atoms with E-state index in [0.29, 0.717) is 49.7 Å². The number of aromatic amines is 1. The van der Waals surface area contributed by atoms with Gasteiger partial charge in [0.2, 0.25) is 30.1 Å². The van der Waals surface area contributed by atoms with E-state index in [1.807, 2.05) is 36.4 Å². The van der Waals surface area contributed by atoms with Crippen LogP contribution in [0.4, 0.5) is 0 Å². The molecule has 0 bridgehead atoms. The fourth-order valence-electron chi connectivity index (χ4n) is 7.56. The molecule has 3 N–H and O–H groups in total. The van der Waals surface area contributed by atoms with E-state index in [2.05, 4.69) is 20.8 Å². The number of aromatic nitrogens is 2. The van der Waals surface area contributed by atoms with Gasteiger partial charge in [0.1, 0.15) is 18.2 Å². The van der Waals surface area contributed by atoms with Crippen LogP contribution in [-0.2, 0) is 71.7 Å². The van der Waals surface area contributed by atoms with Crippen LogP contribution < -0.4 is 15.4 Å². The topological polar surface area (TPSA) is 214 Å². The molecule has 0 spiro atoms. The summed E-state index contributed by atoms with van der Waals surface area (Å²) in [5.74, 6) is -3.78. The molecule has 386 valence electrons. The molecule has 5 rings (SSSR count). The molecule has 2 aliphatic heterocycles. The Morgan fingerprint density at radius 1 is 0.714 bits per heavy atom. The minimum Gasteiger partial charge on any atom is -0.462 e. The fourth-order valence-corrected chi connectivity index (χ4v) is 7.56. The van der Waals surface area contributed by atoms with Crippen LogP contribution in [0.5, 0.6) is 5.88 Å². The number of carbonyl (C=O) groups excluding carboxylic acids is 6. The van der Waals surface area contributed by atoms with Crippen molar-refractivity contribution in [2.75, 3.05) is 32.8 Å². The van der Waals surface area contributed by atoms with Crippen LogP contribution in [0.1, 0.15) is 132 Å². The maximum Gasteiger partial charge on any atom is 0.311 e. The number of hydrogen-bond acceptors (Lipinski definition) is 14. The summed E-state index contributed by atoms with van der Waals surface area (Å²) in [6.07, 6.45) is -5.65. The monoisotopic (exact) mass is 980 g/mol. The van der Waals surface area contributed by atoms with Crippen LogP contribution in [0.3, 0.4) is 0 Å². The number of esters is 4. The average Bonchev–Trinajstić information content (AvgIpc) is 3.79. The number of nitrogens with zero attached hydrogens (tertiary/aromatic N) is 2. The lowest BCUT2D eigenvalue weighted by atomic mass is 9.93. The second-order valence-electron chi connectivity index (χ2n) is 21.7. The molecule has 2 saturated heterocycles. The molecule has 0 aliphatic carbocycles. The van der Waals surface area contributed by atoms with Crippen molar-refractivity contribution in [1.29, 1.82) is 0 Å². The van der Waals surface area contributed by atoms with Gasteiger partial charge >= 0.3 is 23.9 Å². The standard InChI is InChI=1S/C53H77N5O12/c1-49(2,3)45(61)65-31-36-39(67-46(62)50(4,5)6)40(68-47(63)51(7,8)9)41(69-48(64)52(10,11)12)43(66-36)70-42-38-34(18-16-19-35(38)56-57-42)26-25-33-23-21-32(22-24-33)17-15-20-37(59)55-53(13,14)44(60)58-29-27-54-28-30-58/h16,18-19,21-24,36,39-41,43,54H,15,17,20,25-31H2,1-14H3,(H,55,59)(H,56,57)/t36-,39-,40+,41-,43?/m1/s1/i1D,4D,7D,10D. The summed E-state index contributed by atoms with van der Waals surface area (Å²) in [6.45, 7) is 15.9. The Hall–Kier alpha value is -5.55. The Labute approximate surface area is 418 Å². The molecule has 70 heavy (non-hydrogen) atoms. The molecule has 2 amide bonds. The molecule has 0 radical (unpaired) electrons. The molecule has 2 fully saturated rings. The zero-order chi connectivity index (χ0) is 54.8. The smallest absolute Gasteiger partial charge is 0.311 e. The first-order valence-corrected chi connectivity index (χ1v) is 23.8. The van der Waals surface area contributed by atoms with E-state index in [9.17, 15) is 28.8 Å². The maximum atomic E-state index is 14.0. The highest BCUT2D eigenvalue weighted by Crippen LogP contribution is 2.37. The van der Waals surface area contributed by atoms with Crippen molar-refractivity contribution >= 4 is 46.6 Å². The van der Waals surface area contributed by atoms with Gasteiger partial charge in [-0.15, -0.1) is 5.10 Å². The number of amides is 2. The average molecular weight is 980 g/mol. The van der Waals surface area contributed by atoms with Gasteiger partial charge in [0.25, 0.3) is 0 Å². The SMILES string of the molecule is [2H]CC(C)(C)C(=O)OC[C@H]1OC(Oc2n[nH]c3cccc(CCc4ccc(CCCC(=O)NC(C)(C)C(=O)N5CCNCC5)cc4)c23)[C@H](OC(=O)C(C)(C)C[2H])[C@@H](OC(=O)C(C)(C)C[2H])[C@@H]1OC(=O)C(C)(C)C[2H]. The van der Waals surface area contributed by atoms with Gasteiger partial charge < -0.3 is 44.0 Å². The second kappa shape index (κ2) is 22.3. The highest BCUT2D eigenvalue weighted by Gasteiger charge is 2.56. The van der Waals surface area contributed by atoms with Gasteiger partial charge in [-0.25, -0.2) is 0 Å². The van der Waals surface area contributed by atoms with E-state index < -0.39 is 109 Å². The fraction of sp³-hybridized carbons (Fsp3) is 0.642. The number of H-pyrrole nitrogens is 1. The Bertz CT molecular complexity index is 2440. The number of piperazine rings is 1. The number of rotatable bonds is 16. The first-order chi connectivity index (χ1) is 34.7. The van der Waals surface area contributed by atoms with Crippen LogP contribution in [0.2, 0.25) is 0 Å². The molecular weight excluding hydrogens is 899 g/mol. The number of hydrogen-bond donors (Lipinski definition) is 3. The number of nitrogens with one attached hydrogen (secondary N) is 3. The lowest BCUT2D eigenvalue weighted by Crippen LogP contribution is -2.65. The summed E-state index contributed by atoms with van der Waals surface area (Å²) < 4.78 is 69.3. The third-order valence-corrected chi connectivity index (χ3v) is 11.7. The van der Waals surface area contributed by atoms with Crippen molar-refractivity contribution in [2.45, 2.75) is 165 Å². The zero-order valence-electron chi connectivity index (χ0n) is 46.6. The number of aryl methyl sites for hydroxylation is 3. The largest absolute Gasteiger partial charge is 0.462 e. The van der Waals surface area contributed by atoms with Gasteiger partial charge in [-0.3, -0.25) is 33.9 Å². The van der Waals surface area contributed by atoms with Crippen molar-refractivity contribution < 1.29 is 62.7 Å². The third kappa shape index (κ3) is 14.7. The van der Waals surface area contributed by atoms with Crippen LogP contribution in [-0.4, -0.2) is 120 Å². The Kier molecular flexibility index (Phi) is 15.7. The first-order valence-electron chi connectivity index (χ1n) is 26.7. The Morgan fingerprint density at radius 2 is 1.26 bits per heavy atom. The van der Waals surface area contributed by atoms with E-state index in [1.54, 1.807) is 24.8 Å². The van der Waals surface area contributed by atoms with Gasteiger partial charge in [-0.2, -0.15) is 0 Å². The first kappa shape index (κ1) is 49.4. The molecule has 3 heterocycles. The highest BCUT2D eigenvalue weighted by molar-refractivity contribution is 5.91. The highest BCUT2D eigenvalue weighted by atomic mass is 16.7. The summed E-state index contributed by atoms with van der Waals surface area (Å²) in [4.78, 5) is 82.9. The van der Waals surface area contributed by atoms with Gasteiger partial charge in [-0.05, 0) is 145 Å². The van der Waals surface area contributed by atoms with E-state index in [4.69, 9.17) is 33.9 Å². The molecule has 5 atom stereocenters. The molecule has 2 aromatic carbocycles. The molecule has 17 heteroatoms. The molecular formula is C53H77N5O12. The number of benzene rings is 2. The molecule has 3 aromatic rings. The van der Waals surface area contributed by atoms with Crippen LogP contribution in [0.25, 0.3) is 10.9 Å². The maximum absolute atomic E-state index is 14.0. The van der Waals surface area contributed by atoms with E-state index in [0.717, 1.165) is 29.8 Å². The van der Waals surface area contributed by atoms with E-state index >= 15 is 0 Å². The number of ether oxygens (including phenoxy) is 6. The number of fused-ring (bicyclic) bond motifs is 1. The lowest BCUT2D eigenvalue weighted by molar-refractivity contribution is -0.294. The Morgan fingerprint density at radius 3 is 1.84 bits per heavy atom. The van der Waals surface area contributed by atoms with Crippen molar-refractivity contribution in [3.05, 3.63) is 59.2 Å². The van der Waals surface area contributed by atoms with Crippen molar-refractivity contribution in [2.24, 2.45) is 21.7 Å². The van der Waals surface area contributed by atoms with Gasteiger partial charge in [-0.1, -0.05) is 36.4 Å². The summed E-state index contributed by atoms with van der Waals surface area (Å²) in [7, 11) is 0. The molecule has 1 aromatic heterocycles. The van der Waals surface area contributed by atoms with Crippen LogP contribution in [0.15, 0.2) is 42.5 Å². The molecule has 2 aliphatic rings. The van der Waals surface area contributed by atoms with Crippen molar-refractivity contribution in [3.8, 4) is 5.88 Å². The van der Waals surface area contributed by atoms with Gasteiger partial charge in [0.15, 0.2) is 12.2 Å². The minimum atomic E-state index is -1.73. The predicted octanol–water partition coefficient (Wildman–Crippen LogP) is 6.56. The van der Waals surface area contributed by atoms with Crippen LogP contribution >= 0.6 is 0 Å². The van der Waals surface area contributed by atoms with Crippen molar-refractivity contribution in [1.82, 2.24) is 25.7 Å². The molecule has 0 saturated carbocycles. The zero-order valence-corrected chi connectivity index (χ0v) is 42.6. The molecule has 17 nitrogen and oxygen atoms in total. The van der Waals surface area contributed by atoms with Crippen molar-refractivity contribution in [3.63, 3.8) is 0 Å². The van der Waals surface area contributed by atoms with E-state index in [-0.39, 0.29) is 31.0 Å². The third-order valence-electron chi connectivity index (χ3n) is 11.7. The number of carbonyl (C=O) groups is 6. The lowest BCUT2D eigenvalue weighted by Gasteiger charge is -2.45. The predicted molar refractivity (Wildman–Crippen MR) is 262 cm³/mol.